The Morgan fingerprint density at radius 1 is 1.48 bits per heavy atom. The lowest BCUT2D eigenvalue weighted by Gasteiger charge is -2.11. The minimum absolute atomic E-state index is 0.304. The number of rotatable bonds is 8. The molecule has 0 radical (unpaired) electrons. The van der Waals surface area contributed by atoms with Crippen LogP contribution in [-0.4, -0.2) is 35.1 Å². The fourth-order valence-corrected chi connectivity index (χ4v) is 2.04. The molecule has 0 bridgehead atoms. The summed E-state index contributed by atoms with van der Waals surface area (Å²) in [7, 11) is 0. The predicted molar refractivity (Wildman–Crippen MR) is 82.1 cm³/mol. The van der Waals surface area contributed by atoms with E-state index in [0.29, 0.717) is 18.8 Å². The van der Waals surface area contributed by atoms with Gasteiger partial charge in [-0.3, -0.25) is 4.79 Å². The summed E-state index contributed by atoms with van der Waals surface area (Å²) < 4.78 is 10.2. The van der Waals surface area contributed by atoms with Crippen molar-refractivity contribution < 1.29 is 24.2 Å². The highest BCUT2D eigenvalue weighted by Crippen LogP contribution is 2.19. The Labute approximate surface area is 132 Å². The highest BCUT2D eigenvalue weighted by Gasteiger charge is 2.15. The number of halogens is 1. The average Bonchev–Trinajstić information content (AvgIpc) is 2.46. The summed E-state index contributed by atoms with van der Waals surface area (Å²) in [6.45, 7) is 2.11. The van der Waals surface area contributed by atoms with Gasteiger partial charge in [-0.05, 0) is 30.6 Å². The summed E-state index contributed by atoms with van der Waals surface area (Å²) >= 11 is 3.28. The number of carbonyl (C=O) groups excluding carboxylic acids is 1. The van der Waals surface area contributed by atoms with Crippen LogP contribution in [0.3, 0.4) is 0 Å². The second-order valence-corrected chi connectivity index (χ2v) is 5.48. The van der Waals surface area contributed by atoms with Crippen LogP contribution in [0.15, 0.2) is 35.6 Å². The van der Waals surface area contributed by atoms with E-state index >= 15 is 0 Å². The molecule has 0 fully saturated rings. The number of hydrogen-bond donors (Lipinski definition) is 1. The Hall–Kier alpha value is -1.56. The van der Waals surface area contributed by atoms with Crippen LogP contribution < -0.4 is 0 Å². The molecule has 0 saturated carbocycles. The second-order valence-electron chi connectivity index (χ2n) is 4.49. The first-order valence-corrected chi connectivity index (χ1v) is 7.68. The molecule has 0 aromatic carbocycles. The molecule has 116 valence electrons. The lowest BCUT2D eigenvalue weighted by atomic mass is 10.1. The first kappa shape index (κ1) is 17.5. The lowest BCUT2D eigenvalue weighted by Crippen LogP contribution is -2.16. The first-order valence-electron chi connectivity index (χ1n) is 6.77. The molecule has 0 aliphatic heterocycles. The lowest BCUT2D eigenvalue weighted by molar-refractivity contribution is -0.142. The van der Waals surface area contributed by atoms with Crippen LogP contribution >= 0.6 is 15.9 Å². The third kappa shape index (κ3) is 7.13. The minimum Gasteiger partial charge on any atom is -0.482 e. The molecule has 6 heteroatoms. The fourth-order valence-electron chi connectivity index (χ4n) is 1.57. The number of carbonyl (C=O) groups is 2. The number of carboxylic acid groups (broad SMARTS) is 1. The van der Waals surface area contributed by atoms with E-state index in [-0.39, 0.29) is 12.6 Å². The molecule has 0 spiro atoms. The van der Waals surface area contributed by atoms with Crippen molar-refractivity contribution in [3.8, 4) is 0 Å². The van der Waals surface area contributed by atoms with Gasteiger partial charge in [0, 0.05) is 0 Å². The molecule has 0 amide bonds. The van der Waals surface area contributed by atoms with Gasteiger partial charge in [-0.15, -0.1) is 0 Å². The highest BCUT2D eigenvalue weighted by molar-refractivity contribution is 9.10. The molecule has 1 aliphatic carbocycles. The van der Waals surface area contributed by atoms with Gasteiger partial charge in [0.2, 0.25) is 0 Å². The maximum atomic E-state index is 11.7. The monoisotopic (exact) mass is 358 g/mol. The second kappa shape index (κ2) is 9.39. The van der Waals surface area contributed by atoms with E-state index < -0.39 is 10.8 Å². The molecule has 0 aromatic rings. The first-order chi connectivity index (χ1) is 10.0. The van der Waals surface area contributed by atoms with Gasteiger partial charge in [-0.25, -0.2) is 4.79 Å². The maximum absolute atomic E-state index is 11.7. The van der Waals surface area contributed by atoms with Crippen LogP contribution in [0.2, 0.25) is 0 Å². The molecule has 1 N–H and O–H groups in total. The smallest absolute Gasteiger partial charge is 0.341 e. The zero-order valence-electron chi connectivity index (χ0n) is 11.9. The molecule has 21 heavy (non-hydrogen) atoms. The molecule has 1 unspecified atom stereocenters. The summed E-state index contributed by atoms with van der Waals surface area (Å²) in [5, 5.41) is 8.52. The third-order valence-electron chi connectivity index (χ3n) is 2.69. The van der Waals surface area contributed by atoms with Crippen molar-refractivity contribution in [2.45, 2.75) is 31.0 Å². The minimum atomic E-state index is -1.01. The van der Waals surface area contributed by atoms with E-state index in [1.807, 2.05) is 6.92 Å². The molecule has 0 aromatic heterocycles. The Morgan fingerprint density at radius 2 is 2.24 bits per heavy atom. The average molecular weight is 359 g/mol. The Bertz CT molecular complexity index is 465. The Kier molecular flexibility index (Phi) is 7.82. The molecule has 1 rings (SSSR count). The van der Waals surface area contributed by atoms with Gasteiger partial charge in [-0.2, -0.15) is 0 Å². The van der Waals surface area contributed by atoms with Crippen LogP contribution in [0.25, 0.3) is 0 Å². The number of carboxylic acids is 1. The van der Waals surface area contributed by atoms with Gasteiger partial charge in [-0.1, -0.05) is 41.4 Å². The molecular formula is C15H19BrO5. The van der Waals surface area contributed by atoms with Gasteiger partial charge < -0.3 is 14.6 Å². The van der Waals surface area contributed by atoms with E-state index in [0.717, 1.165) is 18.4 Å². The fraction of sp³-hybridized carbons (Fsp3) is 0.467. The third-order valence-corrected chi connectivity index (χ3v) is 3.33. The van der Waals surface area contributed by atoms with Gasteiger partial charge in [0.15, 0.2) is 6.61 Å². The van der Waals surface area contributed by atoms with Crippen molar-refractivity contribution in [1.29, 1.82) is 0 Å². The van der Waals surface area contributed by atoms with Crippen LogP contribution in [0.5, 0.6) is 0 Å². The molecule has 0 heterocycles. The normalized spacial score (nSPS) is 17.2. The van der Waals surface area contributed by atoms with Gasteiger partial charge >= 0.3 is 11.9 Å². The highest BCUT2D eigenvalue weighted by atomic mass is 79.9. The summed E-state index contributed by atoms with van der Waals surface area (Å²) in [6, 6.07) is 0. The number of esters is 1. The molecule has 5 nitrogen and oxygen atoms in total. The Morgan fingerprint density at radius 3 is 2.81 bits per heavy atom. The summed E-state index contributed by atoms with van der Waals surface area (Å²) in [5.74, 6) is -0.798. The largest absolute Gasteiger partial charge is 0.482 e. The summed E-state index contributed by atoms with van der Waals surface area (Å²) in [6.07, 6.45) is 9.44. The number of ether oxygens (including phenoxy) is 2. The van der Waals surface area contributed by atoms with Crippen LogP contribution in [0, 0.1) is 0 Å². The van der Waals surface area contributed by atoms with E-state index in [9.17, 15) is 9.59 Å². The molecular weight excluding hydrogens is 340 g/mol. The summed E-state index contributed by atoms with van der Waals surface area (Å²) in [5.41, 5.74) is 0.937. The van der Waals surface area contributed by atoms with Crippen molar-refractivity contribution in [1.82, 2.24) is 0 Å². The summed E-state index contributed by atoms with van der Waals surface area (Å²) in [4.78, 5) is 21.6. The van der Waals surface area contributed by atoms with Crippen molar-refractivity contribution in [2.24, 2.45) is 0 Å². The molecule has 1 atom stereocenters. The predicted octanol–water partition coefficient (Wildman–Crippen LogP) is 2.96. The van der Waals surface area contributed by atoms with E-state index in [1.54, 1.807) is 24.3 Å². The van der Waals surface area contributed by atoms with Crippen molar-refractivity contribution >= 4 is 27.9 Å². The van der Waals surface area contributed by atoms with Crippen LogP contribution in [0.1, 0.15) is 26.2 Å². The van der Waals surface area contributed by atoms with Gasteiger partial charge in [0.1, 0.15) is 10.6 Å². The number of unbranched alkanes of at least 4 members (excludes halogenated alkanes) is 1. The van der Waals surface area contributed by atoms with Crippen molar-refractivity contribution in [2.75, 3.05) is 13.2 Å². The molecule has 0 saturated heterocycles. The topological polar surface area (TPSA) is 72.8 Å². The Balaban J connectivity index is 2.43. The standard InChI is InChI=1S/C15H19BrO5/c1-2-3-8-20-15(19)13(16)9-11-4-6-12(7-5-11)21-10-14(17)18/h4,6-7,9,13H,2-3,5,8,10H2,1H3,(H,17,18). The number of aliphatic carboxylic acids is 1. The number of alkyl halides is 1. The van der Waals surface area contributed by atoms with Gasteiger partial charge in [0.25, 0.3) is 0 Å². The van der Waals surface area contributed by atoms with Crippen LogP contribution in [-0.2, 0) is 19.1 Å². The zero-order valence-corrected chi connectivity index (χ0v) is 13.5. The van der Waals surface area contributed by atoms with E-state index in [2.05, 4.69) is 15.9 Å². The SMILES string of the molecule is CCCCOC(=O)C(Br)C=C1C=CC(OCC(=O)O)=CC1. The van der Waals surface area contributed by atoms with Crippen molar-refractivity contribution in [3.63, 3.8) is 0 Å². The number of allylic oxidation sites excluding steroid dienone is 4. The van der Waals surface area contributed by atoms with E-state index in [4.69, 9.17) is 14.6 Å². The van der Waals surface area contributed by atoms with Crippen molar-refractivity contribution in [3.05, 3.63) is 35.6 Å². The van der Waals surface area contributed by atoms with Gasteiger partial charge in [0.05, 0.1) is 6.61 Å². The van der Waals surface area contributed by atoms with Crippen LogP contribution in [0.4, 0.5) is 0 Å². The quantitative estimate of drug-likeness (QED) is 0.410. The van der Waals surface area contributed by atoms with E-state index in [1.165, 1.54) is 0 Å². The maximum Gasteiger partial charge on any atom is 0.341 e. The number of hydrogen-bond acceptors (Lipinski definition) is 4. The zero-order chi connectivity index (χ0) is 15.7. The molecule has 1 aliphatic rings.